The Morgan fingerprint density at radius 3 is 2.39 bits per heavy atom. The van der Waals surface area contributed by atoms with E-state index in [1.807, 2.05) is 42.5 Å². The summed E-state index contributed by atoms with van der Waals surface area (Å²) in [5.41, 5.74) is 1.19. The van der Waals surface area contributed by atoms with E-state index in [1.165, 1.54) is 11.8 Å². The van der Waals surface area contributed by atoms with Crippen molar-refractivity contribution in [1.29, 1.82) is 0 Å². The summed E-state index contributed by atoms with van der Waals surface area (Å²) in [6.07, 6.45) is 1.65. The molecule has 0 amide bonds. The van der Waals surface area contributed by atoms with Crippen molar-refractivity contribution in [3.63, 3.8) is 0 Å². The van der Waals surface area contributed by atoms with Gasteiger partial charge in [0.25, 0.3) is 11.1 Å². The molecule has 2 aromatic carbocycles. The average Bonchev–Trinajstić information content (AvgIpc) is 3.23. The predicted octanol–water partition coefficient (Wildman–Crippen LogP) is 4.90. The van der Waals surface area contributed by atoms with Gasteiger partial charge in [0.1, 0.15) is 17.2 Å². The van der Waals surface area contributed by atoms with Crippen molar-refractivity contribution in [3.8, 4) is 23.1 Å². The van der Waals surface area contributed by atoms with E-state index in [9.17, 15) is 4.79 Å². The van der Waals surface area contributed by atoms with E-state index in [0.717, 1.165) is 5.75 Å². The molecule has 0 saturated heterocycles. The van der Waals surface area contributed by atoms with Crippen LogP contribution in [0.3, 0.4) is 0 Å². The fraction of sp³-hybridized carbons (Fsp3) is 0.0476. The second-order valence-electron chi connectivity index (χ2n) is 5.74. The van der Waals surface area contributed by atoms with Crippen LogP contribution < -0.4 is 4.74 Å². The van der Waals surface area contributed by atoms with Crippen molar-refractivity contribution in [1.82, 2.24) is 15.2 Å². The Kier molecular flexibility index (Phi) is 5.44. The minimum Gasteiger partial charge on any atom is -0.457 e. The van der Waals surface area contributed by atoms with Crippen molar-refractivity contribution in [3.05, 3.63) is 84.6 Å². The summed E-state index contributed by atoms with van der Waals surface area (Å²) in [5, 5.41) is 8.25. The molecule has 138 valence electrons. The van der Waals surface area contributed by atoms with Gasteiger partial charge in [0.15, 0.2) is 5.78 Å². The van der Waals surface area contributed by atoms with Gasteiger partial charge in [0.05, 0.1) is 5.75 Å². The lowest BCUT2D eigenvalue weighted by Crippen LogP contribution is -2.02. The van der Waals surface area contributed by atoms with E-state index in [0.29, 0.717) is 28.1 Å². The highest BCUT2D eigenvalue weighted by atomic mass is 32.2. The van der Waals surface area contributed by atoms with Crippen LogP contribution in [-0.4, -0.2) is 26.7 Å². The zero-order chi connectivity index (χ0) is 19.2. The predicted molar refractivity (Wildman–Crippen MR) is 106 cm³/mol. The molecule has 2 aromatic heterocycles. The molecule has 0 unspecified atom stereocenters. The highest BCUT2D eigenvalue weighted by Crippen LogP contribution is 2.24. The number of carbonyl (C=O) groups excluding carboxylic acids is 1. The molecule has 2 heterocycles. The highest BCUT2D eigenvalue weighted by Gasteiger charge is 2.13. The van der Waals surface area contributed by atoms with Crippen LogP contribution >= 0.6 is 11.8 Å². The minimum atomic E-state index is -0.0335. The van der Waals surface area contributed by atoms with Crippen molar-refractivity contribution in [2.75, 3.05) is 5.75 Å². The number of carbonyl (C=O) groups is 1. The fourth-order valence-electron chi connectivity index (χ4n) is 2.40. The van der Waals surface area contributed by atoms with Gasteiger partial charge in [-0.1, -0.05) is 36.0 Å². The smallest absolute Gasteiger partial charge is 0.277 e. The standard InChI is InChI=1S/C21H15N3O3S/c25-19(14-28-21-24-23-20(27-21)18-8-4-5-13-22-18)15-9-11-17(12-10-15)26-16-6-2-1-3-7-16/h1-13H,14H2. The molecule has 0 fully saturated rings. The topological polar surface area (TPSA) is 78.1 Å². The number of para-hydroxylation sites is 1. The van der Waals surface area contributed by atoms with Gasteiger partial charge in [-0.15, -0.1) is 10.2 Å². The lowest BCUT2D eigenvalue weighted by Gasteiger charge is -2.06. The lowest BCUT2D eigenvalue weighted by molar-refractivity contribution is 0.102. The average molecular weight is 389 g/mol. The number of benzene rings is 2. The fourth-order valence-corrected chi connectivity index (χ4v) is 3.06. The zero-order valence-electron chi connectivity index (χ0n) is 14.7. The van der Waals surface area contributed by atoms with E-state index >= 15 is 0 Å². The van der Waals surface area contributed by atoms with Gasteiger partial charge in [0.2, 0.25) is 0 Å². The third kappa shape index (κ3) is 4.44. The maximum atomic E-state index is 12.4. The summed E-state index contributed by atoms with van der Waals surface area (Å²) in [7, 11) is 0. The molecule has 0 aliphatic carbocycles. The normalized spacial score (nSPS) is 10.6. The number of rotatable bonds is 7. The van der Waals surface area contributed by atoms with E-state index < -0.39 is 0 Å². The molecular formula is C21H15N3O3S. The molecule has 0 aliphatic heterocycles. The van der Waals surface area contributed by atoms with Crippen LogP contribution in [0, 0.1) is 0 Å². The Morgan fingerprint density at radius 1 is 0.893 bits per heavy atom. The molecule has 4 aromatic rings. The molecule has 0 radical (unpaired) electrons. The first kappa shape index (κ1) is 17.9. The second-order valence-corrected chi connectivity index (χ2v) is 6.67. The van der Waals surface area contributed by atoms with E-state index in [2.05, 4.69) is 15.2 Å². The number of pyridine rings is 1. The van der Waals surface area contributed by atoms with Crippen LogP contribution in [0.2, 0.25) is 0 Å². The summed E-state index contributed by atoms with van der Waals surface area (Å²) in [5.74, 6) is 1.92. The van der Waals surface area contributed by atoms with Crippen molar-refractivity contribution >= 4 is 17.5 Å². The summed E-state index contributed by atoms with van der Waals surface area (Å²) in [6, 6.07) is 22.0. The maximum Gasteiger partial charge on any atom is 0.277 e. The van der Waals surface area contributed by atoms with Crippen LogP contribution in [0.15, 0.2) is 88.6 Å². The number of ether oxygens (including phenoxy) is 1. The van der Waals surface area contributed by atoms with E-state index in [1.54, 1.807) is 36.5 Å². The molecule has 7 heteroatoms. The van der Waals surface area contributed by atoms with Crippen molar-refractivity contribution < 1.29 is 13.9 Å². The third-order valence-electron chi connectivity index (χ3n) is 3.77. The Balaban J connectivity index is 1.34. The van der Waals surface area contributed by atoms with Gasteiger partial charge < -0.3 is 9.15 Å². The number of hydrogen-bond donors (Lipinski definition) is 0. The van der Waals surface area contributed by atoms with Crippen LogP contribution in [-0.2, 0) is 0 Å². The van der Waals surface area contributed by atoms with Gasteiger partial charge in [0, 0.05) is 11.8 Å². The first-order chi connectivity index (χ1) is 13.8. The van der Waals surface area contributed by atoms with Gasteiger partial charge in [-0.05, 0) is 48.5 Å². The van der Waals surface area contributed by atoms with Crippen LogP contribution in [0.1, 0.15) is 10.4 Å². The maximum absolute atomic E-state index is 12.4. The van der Waals surface area contributed by atoms with Crippen LogP contribution in [0.4, 0.5) is 0 Å². The summed E-state index contributed by atoms with van der Waals surface area (Å²) in [6.45, 7) is 0. The number of thioether (sulfide) groups is 1. The van der Waals surface area contributed by atoms with Crippen LogP contribution in [0.25, 0.3) is 11.6 Å². The second kappa shape index (κ2) is 8.49. The molecule has 0 bridgehead atoms. The molecular weight excluding hydrogens is 374 g/mol. The lowest BCUT2D eigenvalue weighted by atomic mass is 10.1. The Hall–Kier alpha value is -3.45. The molecule has 0 spiro atoms. The van der Waals surface area contributed by atoms with E-state index in [4.69, 9.17) is 9.15 Å². The molecule has 0 saturated carbocycles. The quantitative estimate of drug-likeness (QED) is 0.329. The molecule has 28 heavy (non-hydrogen) atoms. The highest BCUT2D eigenvalue weighted by molar-refractivity contribution is 7.99. The number of nitrogens with zero attached hydrogens (tertiary/aromatic N) is 3. The number of aromatic nitrogens is 3. The summed E-state index contributed by atoms with van der Waals surface area (Å²) >= 11 is 1.20. The Morgan fingerprint density at radius 2 is 1.64 bits per heavy atom. The zero-order valence-corrected chi connectivity index (χ0v) is 15.5. The summed E-state index contributed by atoms with van der Waals surface area (Å²) < 4.78 is 11.3. The van der Waals surface area contributed by atoms with Crippen molar-refractivity contribution in [2.24, 2.45) is 0 Å². The first-order valence-corrected chi connectivity index (χ1v) is 9.50. The van der Waals surface area contributed by atoms with Gasteiger partial charge in [-0.25, -0.2) is 0 Å². The number of ketones is 1. The molecule has 0 N–H and O–H groups in total. The Labute approximate surface area is 165 Å². The molecule has 4 rings (SSSR count). The minimum absolute atomic E-state index is 0.0335. The molecule has 6 nitrogen and oxygen atoms in total. The van der Waals surface area contributed by atoms with Gasteiger partial charge in [-0.3, -0.25) is 9.78 Å². The van der Waals surface area contributed by atoms with Crippen LogP contribution in [0.5, 0.6) is 11.5 Å². The summed E-state index contributed by atoms with van der Waals surface area (Å²) in [4.78, 5) is 16.6. The largest absolute Gasteiger partial charge is 0.457 e. The van der Waals surface area contributed by atoms with Gasteiger partial charge in [-0.2, -0.15) is 0 Å². The number of hydrogen-bond acceptors (Lipinski definition) is 7. The third-order valence-corrected chi connectivity index (χ3v) is 4.59. The van der Waals surface area contributed by atoms with Crippen molar-refractivity contribution in [2.45, 2.75) is 5.22 Å². The molecule has 0 aliphatic rings. The number of Topliss-reactive ketones (excluding diaryl/α,β-unsaturated/α-hetero) is 1. The van der Waals surface area contributed by atoms with E-state index in [-0.39, 0.29) is 11.5 Å². The monoisotopic (exact) mass is 389 g/mol. The SMILES string of the molecule is O=C(CSc1nnc(-c2ccccn2)o1)c1ccc(Oc2ccccc2)cc1. The van der Waals surface area contributed by atoms with Gasteiger partial charge >= 0.3 is 0 Å². The Bertz CT molecular complexity index is 1050. The first-order valence-electron chi connectivity index (χ1n) is 8.52. The molecule has 0 atom stereocenters.